The average Bonchev–Trinajstić information content (AvgIpc) is 2.74. The number of amides is 1. The highest BCUT2D eigenvalue weighted by molar-refractivity contribution is 7.98. The Hall–Kier alpha value is -2.76. The Morgan fingerprint density at radius 1 is 1.00 bits per heavy atom. The highest BCUT2D eigenvalue weighted by atomic mass is 32.2. The number of thioether (sulfide) groups is 1. The lowest BCUT2D eigenvalue weighted by Gasteiger charge is -2.14. The largest absolute Gasteiger partial charge is 0.496 e. The maximum Gasteiger partial charge on any atom is 0.241 e. The number of carbonyl (C=O) groups is 1. The molecule has 3 N–H and O–H groups in total. The number of hydrogen-bond acceptors (Lipinski definition) is 4. The van der Waals surface area contributed by atoms with Gasteiger partial charge in [0.2, 0.25) is 5.91 Å². The molecule has 4 nitrogen and oxygen atoms in total. The van der Waals surface area contributed by atoms with Crippen LogP contribution in [0.25, 0.3) is 0 Å². The van der Waals surface area contributed by atoms with E-state index in [0.717, 1.165) is 22.0 Å². The van der Waals surface area contributed by atoms with Crippen LogP contribution in [0.4, 0.5) is 5.69 Å². The van der Waals surface area contributed by atoms with Crippen LogP contribution in [0.3, 0.4) is 0 Å². The second-order valence-electron chi connectivity index (χ2n) is 6.43. The summed E-state index contributed by atoms with van der Waals surface area (Å²) in [5.74, 6) is 1.37. The summed E-state index contributed by atoms with van der Waals surface area (Å²) in [4.78, 5) is 13.5. The number of anilines is 1. The van der Waals surface area contributed by atoms with Crippen molar-refractivity contribution >= 4 is 23.4 Å². The van der Waals surface area contributed by atoms with Gasteiger partial charge in [-0.3, -0.25) is 4.79 Å². The smallest absolute Gasteiger partial charge is 0.241 e. The number of rotatable bonds is 8. The monoisotopic (exact) mass is 392 g/mol. The summed E-state index contributed by atoms with van der Waals surface area (Å²) in [6.45, 7) is 0. The molecule has 0 spiro atoms. The summed E-state index contributed by atoms with van der Waals surface area (Å²) >= 11 is 1.70. The molecule has 0 aliphatic heterocycles. The lowest BCUT2D eigenvalue weighted by Crippen LogP contribution is -2.37. The fourth-order valence-electron chi connectivity index (χ4n) is 2.80. The number of nitrogens with one attached hydrogen (secondary N) is 1. The number of nitrogens with two attached hydrogens (primary N) is 1. The van der Waals surface area contributed by atoms with Gasteiger partial charge < -0.3 is 15.8 Å². The molecule has 0 unspecified atom stereocenters. The Bertz CT molecular complexity index is 901. The quantitative estimate of drug-likeness (QED) is 0.554. The molecule has 3 aromatic rings. The molecule has 144 valence electrons. The molecular formula is C23H24N2O2S. The van der Waals surface area contributed by atoms with Crippen LogP contribution in [0.1, 0.15) is 11.1 Å². The number of ether oxygens (including phenoxy) is 1. The van der Waals surface area contributed by atoms with Crippen molar-refractivity contribution in [2.45, 2.75) is 23.1 Å². The minimum atomic E-state index is -0.611. The second-order valence-corrected chi connectivity index (χ2v) is 7.44. The van der Waals surface area contributed by atoms with E-state index in [4.69, 9.17) is 10.5 Å². The molecule has 0 heterocycles. The number of methoxy groups -OCH3 is 1. The zero-order valence-corrected chi connectivity index (χ0v) is 16.6. The topological polar surface area (TPSA) is 64.3 Å². The van der Waals surface area contributed by atoms with Gasteiger partial charge in [0.05, 0.1) is 13.2 Å². The molecule has 5 heteroatoms. The van der Waals surface area contributed by atoms with Crippen molar-refractivity contribution in [1.82, 2.24) is 0 Å². The summed E-state index contributed by atoms with van der Waals surface area (Å²) < 4.78 is 5.51. The van der Waals surface area contributed by atoms with Crippen molar-refractivity contribution in [2.75, 3.05) is 12.4 Å². The van der Waals surface area contributed by atoms with Crippen LogP contribution in [0.5, 0.6) is 5.75 Å². The number of benzene rings is 3. The molecule has 0 saturated heterocycles. The molecule has 3 rings (SSSR count). The fourth-order valence-corrected chi connectivity index (χ4v) is 3.76. The minimum absolute atomic E-state index is 0.212. The zero-order valence-electron chi connectivity index (χ0n) is 15.8. The van der Waals surface area contributed by atoms with E-state index in [1.807, 2.05) is 66.7 Å². The highest BCUT2D eigenvalue weighted by Gasteiger charge is 2.15. The highest BCUT2D eigenvalue weighted by Crippen LogP contribution is 2.33. The van der Waals surface area contributed by atoms with Crippen molar-refractivity contribution in [3.63, 3.8) is 0 Å². The average molecular weight is 393 g/mol. The maximum absolute atomic E-state index is 12.4. The van der Waals surface area contributed by atoms with Crippen molar-refractivity contribution in [1.29, 1.82) is 0 Å². The standard InChI is InChI=1S/C23H24N2O2S/c1-27-21-15-19(12-13-22(21)28-16-18-10-6-3-7-11-18)25-23(26)20(24)14-17-8-4-2-5-9-17/h2-13,15,20H,14,16,24H2,1H3,(H,25,26)/t20-/m0/s1. The van der Waals surface area contributed by atoms with Gasteiger partial charge in [0.1, 0.15) is 5.75 Å². The van der Waals surface area contributed by atoms with Gasteiger partial charge in [-0.2, -0.15) is 0 Å². The van der Waals surface area contributed by atoms with E-state index in [-0.39, 0.29) is 5.91 Å². The molecule has 1 atom stereocenters. The van der Waals surface area contributed by atoms with E-state index in [1.165, 1.54) is 5.56 Å². The Kier molecular flexibility index (Phi) is 7.12. The Labute approximate surface area is 170 Å². The normalized spacial score (nSPS) is 11.6. The molecule has 1 amide bonds. The molecule has 0 aliphatic rings. The molecule has 0 aliphatic carbocycles. The van der Waals surface area contributed by atoms with Gasteiger partial charge in [0.25, 0.3) is 0 Å². The predicted octanol–water partition coefficient (Wildman–Crippen LogP) is 4.50. The lowest BCUT2D eigenvalue weighted by atomic mass is 10.1. The lowest BCUT2D eigenvalue weighted by molar-refractivity contribution is -0.117. The summed E-state index contributed by atoms with van der Waals surface area (Å²) in [7, 11) is 1.63. The molecule has 28 heavy (non-hydrogen) atoms. The van der Waals surface area contributed by atoms with Crippen molar-refractivity contribution in [2.24, 2.45) is 5.73 Å². The first-order chi connectivity index (χ1) is 13.7. The van der Waals surface area contributed by atoms with Gasteiger partial charge in [-0.15, -0.1) is 11.8 Å². The molecule has 0 saturated carbocycles. The summed E-state index contributed by atoms with van der Waals surface area (Å²) in [5, 5.41) is 2.88. The Morgan fingerprint density at radius 3 is 2.29 bits per heavy atom. The van der Waals surface area contributed by atoms with Crippen LogP contribution in [0.2, 0.25) is 0 Å². The summed E-state index contributed by atoms with van der Waals surface area (Å²) in [6, 6.07) is 25.1. The van der Waals surface area contributed by atoms with Gasteiger partial charge in [-0.25, -0.2) is 0 Å². The van der Waals surface area contributed by atoms with Crippen LogP contribution in [0.15, 0.2) is 83.8 Å². The van der Waals surface area contributed by atoms with E-state index < -0.39 is 6.04 Å². The first kappa shape index (κ1) is 20.0. The maximum atomic E-state index is 12.4. The third-order valence-corrected chi connectivity index (χ3v) is 5.43. The fraction of sp³-hybridized carbons (Fsp3) is 0.174. The Morgan fingerprint density at radius 2 is 1.64 bits per heavy atom. The van der Waals surface area contributed by atoms with Gasteiger partial charge >= 0.3 is 0 Å². The van der Waals surface area contributed by atoms with Crippen molar-refractivity contribution < 1.29 is 9.53 Å². The molecular weight excluding hydrogens is 368 g/mol. The van der Waals surface area contributed by atoms with Crippen molar-refractivity contribution in [3.05, 3.63) is 90.0 Å². The van der Waals surface area contributed by atoms with Crippen LogP contribution in [-0.4, -0.2) is 19.1 Å². The molecule has 0 aromatic heterocycles. The van der Waals surface area contributed by atoms with E-state index in [2.05, 4.69) is 17.4 Å². The molecule has 0 radical (unpaired) electrons. The Balaban J connectivity index is 1.61. The first-order valence-corrected chi connectivity index (χ1v) is 10.1. The van der Waals surface area contributed by atoms with Crippen LogP contribution < -0.4 is 15.8 Å². The SMILES string of the molecule is COc1cc(NC(=O)[C@@H](N)Cc2ccccc2)ccc1SCc1ccccc1. The van der Waals surface area contributed by atoms with E-state index >= 15 is 0 Å². The first-order valence-electron chi connectivity index (χ1n) is 9.11. The minimum Gasteiger partial charge on any atom is -0.496 e. The van der Waals surface area contributed by atoms with Crippen LogP contribution in [0, 0.1) is 0 Å². The van der Waals surface area contributed by atoms with Crippen molar-refractivity contribution in [3.8, 4) is 5.75 Å². The molecule has 0 bridgehead atoms. The zero-order chi connectivity index (χ0) is 19.8. The van der Waals surface area contributed by atoms with Crippen LogP contribution in [-0.2, 0) is 17.0 Å². The van der Waals surface area contributed by atoms with Gasteiger partial charge in [-0.1, -0.05) is 60.7 Å². The van der Waals surface area contributed by atoms with E-state index in [1.54, 1.807) is 18.9 Å². The number of hydrogen-bond donors (Lipinski definition) is 2. The second kappa shape index (κ2) is 9.97. The van der Waals surface area contributed by atoms with Crippen LogP contribution >= 0.6 is 11.8 Å². The summed E-state index contributed by atoms with van der Waals surface area (Å²) in [6.07, 6.45) is 0.495. The van der Waals surface area contributed by atoms with E-state index in [9.17, 15) is 4.79 Å². The van der Waals surface area contributed by atoms with Gasteiger partial charge in [0.15, 0.2) is 0 Å². The molecule has 3 aromatic carbocycles. The van der Waals surface area contributed by atoms with E-state index in [0.29, 0.717) is 12.1 Å². The predicted molar refractivity (Wildman–Crippen MR) is 116 cm³/mol. The number of carbonyl (C=O) groups excluding carboxylic acids is 1. The van der Waals surface area contributed by atoms with Gasteiger partial charge in [-0.05, 0) is 29.7 Å². The third-order valence-electron chi connectivity index (χ3n) is 4.30. The van der Waals surface area contributed by atoms with Gasteiger partial charge in [0, 0.05) is 22.4 Å². The molecule has 0 fully saturated rings. The summed E-state index contributed by atoms with van der Waals surface area (Å²) in [5.41, 5.74) is 9.02. The third kappa shape index (κ3) is 5.62.